The van der Waals surface area contributed by atoms with Crippen LogP contribution in [0.5, 0.6) is 5.75 Å². The first-order valence-electron chi connectivity index (χ1n) is 7.71. The molecule has 0 saturated heterocycles. The van der Waals surface area contributed by atoms with Crippen molar-refractivity contribution in [3.63, 3.8) is 0 Å². The van der Waals surface area contributed by atoms with E-state index in [1.165, 1.54) is 6.33 Å². The van der Waals surface area contributed by atoms with Crippen LogP contribution in [0.2, 0.25) is 10.0 Å². The zero-order valence-corrected chi connectivity index (χ0v) is 15.2. The van der Waals surface area contributed by atoms with E-state index in [-0.39, 0.29) is 0 Å². The third-order valence-corrected chi connectivity index (χ3v) is 4.42. The Labute approximate surface area is 159 Å². The number of fused-ring (bicyclic) bond motifs is 1. The van der Waals surface area contributed by atoms with Gasteiger partial charge in [-0.1, -0.05) is 35.3 Å². The minimum absolute atomic E-state index is 0.585. The molecule has 1 N–H and O–H groups in total. The van der Waals surface area contributed by atoms with Gasteiger partial charge < -0.3 is 10.1 Å². The number of para-hydroxylation sites is 1. The van der Waals surface area contributed by atoms with E-state index in [9.17, 15) is 0 Å². The van der Waals surface area contributed by atoms with Gasteiger partial charge in [-0.2, -0.15) is 5.10 Å². The molecule has 0 aliphatic rings. The zero-order valence-electron chi connectivity index (χ0n) is 13.6. The number of anilines is 2. The molecule has 0 amide bonds. The highest BCUT2D eigenvalue weighted by molar-refractivity contribution is 6.32. The maximum Gasteiger partial charge on any atom is 0.168 e. The smallest absolute Gasteiger partial charge is 0.168 e. The van der Waals surface area contributed by atoms with E-state index in [0.29, 0.717) is 32.9 Å². The van der Waals surface area contributed by atoms with Crippen molar-refractivity contribution in [3.8, 4) is 11.4 Å². The molecule has 0 unspecified atom stereocenters. The van der Waals surface area contributed by atoms with Crippen LogP contribution in [0.15, 0.2) is 55.0 Å². The van der Waals surface area contributed by atoms with Gasteiger partial charge in [0, 0.05) is 5.02 Å². The molecule has 2 aromatic heterocycles. The highest BCUT2D eigenvalue weighted by Crippen LogP contribution is 2.32. The zero-order chi connectivity index (χ0) is 18.1. The molecule has 0 saturated carbocycles. The Balaban J connectivity index is 1.81. The molecule has 4 rings (SSSR count). The summed E-state index contributed by atoms with van der Waals surface area (Å²) in [7, 11) is 1.60. The van der Waals surface area contributed by atoms with Crippen molar-refractivity contribution in [2.75, 3.05) is 12.4 Å². The van der Waals surface area contributed by atoms with Gasteiger partial charge in [-0.25, -0.2) is 14.6 Å². The Kier molecular flexibility index (Phi) is 4.36. The molecule has 0 aliphatic heterocycles. The van der Waals surface area contributed by atoms with Gasteiger partial charge in [-0.05, 0) is 30.3 Å². The number of rotatable bonds is 4. The molecule has 0 atom stereocenters. The highest BCUT2D eigenvalue weighted by atomic mass is 35.5. The lowest BCUT2D eigenvalue weighted by atomic mass is 10.2. The van der Waals surface area contributed by atoms with Crippen LogP contribution in [0.3, 0.4) is 0 Å². The Morgan fingerprint density at radius 1 is 1.08 bits per heavy atom. The second-order valence-electron chi connectivity index (χ2n) is 5.44. The van der Waals surface area contributed by atoms with Crippen LogP contribution >= 0.6 is 23.2 Å². The monoisotopic (exact) mass is 385 g/mol. The summed E-state index contributed by atoms with van der Waals surface area (Å²) in [5, 5.41) is 9.58. The SMILES string of the molecule is COc1ccc(Cl)cc1Nc1ncnc2c1cnn2-c1ccccc1Cl. The molecule has 2 heterocycles. The maximum atomic E-state index is 6.29. The average molecular weight is 386 g/mol. The van der Waals surface area contributed by atoms with E-state index in [2.05, 4.69) is 20.4 Å². The largest absolute Gasteiger partial charge is 0.495 e. The van der Waals surface area contributed by atoms with Crippen molar-refractivity contribution in [1.29, 1.82) is 0 Å². The fraction of sp³-hybridized carbons (Fsp3) is 0.0556. The summed E-state index contributed by atoms with van der Waals surface area (Å²) in [4.78, 5) is 8.68. The van der Waals surface area contributed by atoms with Crippen LogP contribution in [0.4, 0.5) is 11.5 Å². The first-order chi connectivity index (χ1) is 12.7. The van der Waals surface area contributed by atoms with Gasteiger partial charge in [0.1, 0.15) is 17.9 Å². The van der Waals surface area contributed by atoms with E-state index in [1.54, 1.807) is 36.2 Å². The van der Waals surface area contributed by atoms with Crippen LogP contribution < -0.4 is 10.1 Å². The quantitative estimate of drug-likeness (QED) is 0.542. The number of nitrogens with zero attached hydrogens (tertiary/aromatic N) is 4. The number of hydrogen-bond donors (Lipinski definition) is 1. The standard InChI is InChI=1S/C18H13Cl2N5O/c1-26-16-7-6-11(19)8-14(16)24-17-12-9-23-25(18(12)22-10-21-17)15-5-3-2-4-13(15)20/h2-10H,1H3,(H,21,22,24). The average Bonchev–Trinajstić information content (AvgIpc) is 3.07. The fourth-order valence-corrected chi connectivity index (χ4v) is 3.04. The van der Waals surface area contributed by atoms with Crippen molar-refractivity contribution >= 4 is 45.7 Å². The summed E-state index contributed by atoms with van der Waals surface area (Å²) in [6.07, 6.45) is 3.16. The van der Waals surface area contributed by atoms with Crippen LogP contribution in [0.25, 0.3) is 16.7 Å². The summed E-state index contributed by atoms with van der Waals surface area (Å²) in [5.74, 6) is 1.24. The summed E-state index contributed by atoms with van der Waals surface area (Å²) in [6, 6.07) is 12.8. The van der Waals surface area contributed by atoms with Gasteiger partial charge in [0.2, 0.25) is 0 Å². The normalized spacial score (nSPS) is 10.9. The second kappa shape index (κ2) is 6.82. The molecular formula is C18H13Cl2N5O. The molecule has 6 nitrogen and oxygen atoms in total. The Morgan fingerprint density at radius 3 is 2.73 bits per heavy atom. The molecule has 0 spiro atoms. The van der Waals surface area contributed by atoms with Gasteiger partial charge in [0.25, 0.3) is 0 Å². The van der Waals surface area contributed by atoms with Crippen molar-refractivity contribution < 1.29 is 4.74 Å². The lowest BCUT2D eigenvalue weighted by Crippen LogP contribution is -2.01. The van der Waals surface area contributed by atoms with E-state index in [4.69, 9.17) is 27.9 Å². The molecule has 26 heavy (non-hydrogen) atoms. The predicted octanol–water partition coefficient (Wildman–Crippen LogP) is 4.87. The minimum Gasteiger partial charge on any atom is -0.495 e. The predicted molar refractivity (Wildman–Crippen MR) is 103 cm³/mol. The van der Waals surface area contributed by atoms with Gasteiger partial charge in [-0.15, -0.1) is 0 Å². The topological polar surface area (TPSA) is 64.9 Å². The number of nitrogens with one attached hydrogen (secondary N) is 1. The van der Waals surface area contributed by atoms with Crippen molar-refractivity contribution in [1.82, 2.24) is 19.7 Å². The van der Waals surface area contributed by atoms with Crippen LogP contribution in [0.1, 0.15) is 0 Å². The number of ether oxygens (including phenoxy) is 1. The Bertz CT molecular complexity index is 1100. The van der Waals surface area contributed by atoms with Gasteiger partial charge >= 0.3 is 0 Å². The lowest BCUT2D eigenvalue weighted by molar-refractivity contribution is 0.417. The van der Waals surface area contributed by atoms with Crippen molar-refractivity contribution in [3.05, 3.63) is 65.0 Å². The Morgan fingerprint density at radius 2 is 1.92 bits per heavy atom. The number of benzene rings is 2. The lowest BCUT2D eigenvalue weighted by Gasteiger charge is -2.11. The number of halogens is 2. The van der Waals surface area contributed by atoms with Crippen LogP contribution in [-0.2, 0) is 0 Å². The van der Waals surface area contributed by atoms with Crippen LogP contribution in [0, 0.1) is 0 Å². The Hall–Kier alpha value is -2.83. The molecular weight excluding hydrogens is 373 g/mol. The first-order valence-corrected chi connectivity index (χ1v) is 8.47. The van der Waals surface area contributed by atoms with E-state index in [1.807, 2.05) is 24.3 Å². The second-order valence-corrected chi connectivity index (χ2v) is 6.28. The maximum absolute atomic E-state index is 6.29. The summed E-state index contributed by atoms with van der Waals surface area (Å²) in [5.41, 5.74) is 2.08. The third-order valence-electron chi connectivity index (χ3n) is 3.86. The number of hydrogen-bond acceptors (Lipinski definition) is 5. The summed E-state index contributed by atoms with van der Waals surface area (Å²) >= 11 is 12.4. The molecule has 0 aliphatic carbocycles. The van der Waals surface area contributed by atoms with Gasteiger partial charge in [-0.3, -0.25) is 0 Å². The van der Waals surface area contributed by atoms with Crippen molar-refractivity contribution in [2.24, 2.45) is 0 Å². The molecule has 0 fully saturated rings. The molecule has 0 bridgehead atoms. The number of methoxy groups -OCH3 is 1. The molecule has 0 radical (unpaired) electrons. The first kappa shape index (κ1) is 16.6. The van der Waals surface area contributed by atoms with E-state index < -0.39 is 0 Å². The van der Waals surface area contributed by atoms with E-state index in [0.717, 1.165) is 11.1 Å². The fourth-order valence-electron chi connectivity index (χ4n) is 2.65. The van der Waals surface area contributed by atoms with Crippen LogP contribution in [-0.4, -0.2) is 26.9 Å². The molecule has 8 heteroatoms. The van der Waals surface area contributed by atoms with Crippen molar-refractivity contribution in [2.45, 2.75) is 0 Å². The van der Waals surface area contributed by atoms with Gasteiger partial charge in [0.15, 0.2) is 5.65 Å². The highest BCUT2D eigenvalue weighted by Gasteiger charge is 2.14. The summed E-state index contributed by atoms with van der Waals surface area (Å²) in [6.45, 7) is 0. The number of aromatic nitrogens is 4. The molecule has 130 valence electrons. The molecule has 4 aromatic rings. The minimum atomic E-state index is 0.585. The third kappa shape index (κ3) is 2.94. The summed E-state index contributed by atoms with van der Waals surface area (Å²) < 4.78 is 7.05. The molecule has 2 aromatic carbocycles. The van der Waals surface area contributed by atoms with E-state index >= 15 is 0 Å². The van der Waals surface area contributed by atoms with Gasteiger partial charge in [0.05, 0.1) is 35.1 Å².